The second kappa shape index (κ2) is 6.63. The van der Waals surface area contributed by atoms with E-state index in [1.807, 2.05) is 0 Å². The van der Waals surface area contributed by atoms with Crippen LogP contribution in [0, 0.1) is 0 Å². The number of carboxylic acids is 1. The summed E-state index contributed by atoms with van der Waals surface area (Å²) in [5, 5.41) is 13.2. The third kappa shape index (κ3) is 8.54. The molecule has 7 nitrogen and oxygen atoms in total. The number of carbonyl (C=O) groups is 3. The molecule has 0 fully saturated rings. The van der Waals surface area contributed by atoms with Crippen LogP contribution in [0.5, 0.6) is 0 Å². The van der Waals surface area contributed by atoms with Gasteiger partial charge >= 0.3 is 12.0 Å². The van der Waals surface area contributed by atoms with Crippen molar-refractivity contribution in [2.24, 2.45) is 5.73 Å². The van der Waals surface area contributed by atoms with Gasteiger partial charge in [-0.1, -0.05) is 0 Å². The Morgan fingerprint density at radius 3 is 2.47 bits per heavy atom. The number of hydrogen-bond acceptors (Lipinski definition) is 3. The molecule has 0 aliphatic carbocycles. The minimum atomic E-state index is -0.986. The lowest BCUT2D eigenvalue weighted by atomic mass is 10.2. The Kier molecular flexibility index (Phi) is 5.84. The lowest BCUT2D eigenvalue weighted by molar-refractivity contribution is -0.137. The molecule has 0 heterocycles. The molecule has 3 amide bonds. The van der Waals surface area contributed by atoms with E-state index in [0.29, 0.717) is 0 Å². The molecule has 86 valence electrons. The van der Waals surface area contributed by atoms with Crippen LogP contribution in [0.4, 0.5) is 4.79 Å². The molecule has 0 bridgehead atoms. The quantitative estimate of drug-likeness (QED) is 0.457. The van der Waals surface area contributed by atoms with Gasteiger partial charge in [-0.2, -0.15) is 0 Å². The zero-order chi connectivity index (χ0) is 11.8. The van der Waals surface area contributed by atoms with Crippen molar-refractivity contribution in [3.05, 3.63) is 0 Å². The number of carbonyl (C=O) groups excluding carboxylic acids is 2. The summed E-state index contributed by atoms with van der Waals surface area (Å²) in [6.07, 6.45) is -0.0933. The average Bonchev–Trinajstić information content (AvgIpc) is 2.00. The van der Waals surface area contributed by atoms with Crippen molar-refractivity contribution in [2.75, 3.05) is 6.54 Å². The molecule has 0 aromatic carbocycles. The lowest BCUT2D eigenvalue weighted by Gasteiger charge is -2.11. The molecule has 0 aliphatic heterocycles. The molecule has 0 rings (SSSR count). The Morgan fingerprint density at radius 1 is 1.40 bits per heavy atom. The van der Waals surface area contributed by atoms with Gasteiger partial charge in [0.25, 0.3) is 0 Å². The molecular formula is C8H15N3O4. The summed E-state index contributed by atoms with van der Waals surface area (Å²) in [5.41, 5.74) is 4.86. The number of rotatable bonds is 6. The van der Waals surface area contributed by atoms with Crippen LogP contribution in [0.15, 0.2) is 0 Å². The molecular weight excluding hydrogens is 202 g/mol. The number of carboxylic acid groups (broad SMARTS) is 1. The number of nitrogens with two attached hydrogens (primary N) is 1. The first-order chi connectivity index (χ1) is 6.91. The Balaban J connectivity index is 3.64. The van der Waals surface area contributed by atoms with Crippen LogP contribution in [0.1, 0.15) is 19.8 Å². The van der Waals surface area contributed by atoms with Crippen molar-refractivity contribution < 1.29 is 19.5 Å². The van der Waals surface area contributed by atoms with E-state index in [1.165, 1.54) is 0 Å². The maximum absolute atomic E-state index is 11.0. The molecule has 0 saturated heterocycles. The fraction of sp³-hybridized carbons (Fsp3) is 0.625. The van der Waals surface area contributed by atoms with E-state index in [2.05, 4.69) is 10.6 Å². The predicted molar refractivity (Wildman–Crippen MR) is 52.1 cm³/mol. The van der Waals surface area contributed by atoms with Crippen molar-refractivity contribution >= 4 is 17.9 Å². The fourth-order valence-corrected chi connectivity index (χ4v) is 0.887. The summed E-state index contributed by atoms with van der Waals surface area (Å²) in [5.74, 6) is -1.49. The van der Waals surface area contributed by atoms with E-state index in [1.54, 1.807) is 6.92 Å². The van der Waals surface area contributed by atoms with E-state index in [9.17, 15) is 14.4 Å². The van der Waals surface area contributed by atoms with Crippen LogP contribution in [0.25, 0.3) is 0 Å². The predicted octanol–water partition coefficient (Wildman–Crippen LogP) is -0.976. The molecule has 0 aliphatic rings. The largest absolute Gasteiger partial charge is 0.481 e. The van der Waals surface area contributed by atoms with Crippen molar-refractivity contribution in [1.29, 1.82) is 0 Å². The summed E-state index contributed by atoms with van der Waals surface area (Å²) in [4.78, 5) is 31.6. The first-order valence-corrected chi connectivity index (χ1v) is 4.46. The minimum Gasteiger partial charge on any atom is -0.481 e. The summed E-state index contributed by atoms with van der Waals surface area (Å²) in [6, 6.07) is -0.971. The summed E-state index contributed by atoms with van der Waals surface area (Å²) in [7, 11) is 0. The molecule has 7 heteroatoms. The van der Waals surface area contributed by atoms with Gasteiger partial charge in [-0.15, -0.1) is 0 Å². The van der Waals surface area contributed by atoms with Crippen LogP contribution < -0.4 is 16.4 Å². The molecule has 0 radical (unpaired) electrons. The SMILES string of the molecule is CC(CC(=O)O)NC(=O)NCCC(N)=O. The highest BCUT2D eigenvalue weighted by Crippen LogP contribution is 1.89. The van der Waals surface area contributed by atoms with Crippen LogP contribution in [-0.2, 0) is 9.59 Å². The average molecular weight is 217 g/mol. The topological polar surface area (TPSA) is 122 Å². The highest BCUT2D eigenvalue weighted by Gasteiger charge is 2.10. The van der Waals surface area contributed by atoms with Gasteiger partial charge in [0.2, 0.25) is 5.91 Å². The molecule has 1 atom stereocenters. The summed E-state index contributed by atoms with van der Waals surface area (Å²) < 4.78 is 0. The second-order valence-electron chi connectivity index (χ2n) is 3.12. The standard InChI is InChI=1S/C8H15N3O4/c1-5(4-7(13)14)11-8(15)10-3-2-6(9)12/h5H,2-4H2,1H3,(H2,9,12)(H,13,14)(H2,10,11,15). The Morgan fingerprint density at radius 2 is 2.00 bits per heavy atom. The fourth-order valence-electron chi connectivity index (χ4n) is 0.887. The Bertz CT molecular complexity index is 254. The molecule has 0 spiro atoms. The molecule has 0 saturated carbocycles. The van der Waals surface area contributed by atoms with Crippen LogP contribution in [0.2, 0.25) is 0 Å². The zero-order valence-corrected chi connectivity index (χ0v) is 8.45. The number of nitrogens with one attached hydrogen (secondary N) is 2. The van der Waals surface area contributed by atoms with Crippen molar-refractivity contribution in [1.82, 2.24) is 10.6 Å². The maximum atomic E-state index is 11.0. The molecule has 5 N–H and O–H groups in total. The van der Waals surface area contributed by atoms with E-state index < -0.39 is 23.9 Å². The van der Waals surface area contributed by atoms with Gasteiger partial charge in [-0.05, 0) is 6.92 Å². The van der Waals surface area contributed by atoms with Crippen LogP contribution >= 0.6 is 0 Å². The first-order valence-electron chi connectivity index (χ1n) is 4.46. The Labute approximate surface area is 87.0 Å². The van der Waals surface area contributed by atoms with E-state index >= 15 is 0 Å². The second-order valence-corrected chi connectivity index (χ2v) is 3.12. The van der Waals surface area contributed by atoms with Crippen LogP contribution in [0.3, 0.4) is 0 Å². The maximum Gasteiger partial charge on any atom is 0.315 e. The van der Waals surface area contributed by atoms with Crippen LogP contribution in [-0.4, -0.2) is 35.6 Å². The summed E-state index contributed by atoms with van der Waals surface area (Å²) >= 11 is 0. The lowest BCUT2D eigenvalue weighted by Crippen LogP contribution is -2.42. The molecule has 15 heavy (non-hydrogen) atoms. The summed E-state index contributed by atoms with van der Waals surface area (Å²) in [6.45, 7) is 1.71. The number of hydrogen-bond donors (Lipinski definition) is 4. The molecule has 0 aromatic rings. The van der Waals surface area contributed by atoms with E-state index in [-0.39, 0.29) is 19.4 Å². The highest BCUT2D eigenvalue weighted by atomic mass is 16.4. The number of primary amides is 1. The van der Waals surface area contributed by atoms with E-state index in [4.69, 9.17) is 10.8 Å². The third-order valence-electron chi connectivity index (χ3n) is 1.52. The Hall–Kier alpha value is -1.79. The molecule has 1 unspecified atom stereocenters. The third-order valence-corrected chi connectivity index (χ3v) is 1.52. The van der Waals surface area contributed by atoms with Crippen molar-refractivity contribution in [2.45, 2.75) is 25.8 Å². The van der Waals surface area contributed by atoms with E-state index in [0.717, 1.165) is 0 Å². The van der Waals surface area contributed by atoms with Gasteiger partial charge in [0.1, 0.15) is 0 Å². The number of amides is 3. The minimum absolute atomic E-state index is 0.0563. The van der Waals surface area contributed by atoms with Gasteiger partial charge in [-0.3, -0.25) is 9.59 Å². The highest BCUT2D eigenvalue weighted by molar-refractivity contribution is 5.77. The van der Waals surface area contributed by atoms with Gasteiger partial charge < -0.3 is 21.5 Å². The monoisotopic (exact) mass is 217 g/mol. The normalized spacial score (nSPS) is 11.5. The first kappa shape index (κ1) is 13.2. The van der Waals surface area contributed by atoms with Gasteiger partial charge in [0.15, 0.2) is 0 Å². The number of aliphatic carboxylic acids is 1. The van der Waals surface area contributed by atoms with Crippen molar-refractivity contribution in [3.8, 4) is 0 Å². The smallest absolute Gasteiger partial charge is 0.315 e. The van der Waals surface area contributed by atoms with Crippen molar-refractivity contribution in [3.63, 3.8) is 0 Å². The van der Waals surface area contributed by atoms with Gasteiger partial charge in [0.05, 0.1) is 6.42 Å². The number of urea groups is 1. The molecule has 0 aromatic heterocycles. The zero-order valence-electron chi connectivity index (χ0n) is 8.45. The van der Waals surface area contributed by atoms with Gasteiger partial charge in [0, 0.05) is 19.0 Å². The van der Waals surface area contributed by atoms with Gasteiger partial charge in [-0.25, -0.2) is 4.79 Å².